The van der Waals surface area contributed by atoms with Gasteiger partial charge in [0, 0.05) is 10.7 Å². The summed E-state index contributed by atoms with van der Waals surface area (Å²) in [5, 5.41) is 8.88. The van der Waals surface area contributed by atoms with Crippen LogP contribution in [-0.2, 0) is 9.05 Å². The average molecular weight is 302 g/mol. The summed E-state index contributed by atoms with van der Waals surface area (Å²) < 4.78 is 27.9. The van der Waals surface area contributed by atoms with Crippen molar-refractivity contribution < 1.29 is 13.2 Å². The summed E-state index contributed by atoms with van der Waals surface area (Å²) in [5.41, 5.74) is 0.254. The average Bonchev–Trinajstić information content (AvgIpc) is 2.30. The van der Waals surface area contributed by atoms with Crippen molar-refractivity contribution in [2.45, 2.75) is 32.1 Å². The third-order valence-corrected chi connectivity index (χ3v) is 4.07. The third kappa shape index (κ3) is 4.73. The molecule has 19 heavy (non-hydrogen) atoms. The topological polar surface area (TPSA) is 67.2 Å². The molecule has 0 aliphatic rings. The molecule has 0 unspecified atom stereocenters. The first-order valence-electron chi connectivity index (χ1n) is 5.75. The maximum Gasteiger partial charge on any atom is 0.261 e. The fourth-order valence-electron chi connectivity index (χ4n) is 1.41. The predicted molar refractivity (Wildman–Crippen MR) is 73.7 cm³/mol. The van der Waals surface area contributed by atoms with Crippen LogP contribution in [-0.4, -0.2) is 15.0 Å². The van der Waals surface area contributed by atoms with Gasteiger partial charge in [-0.2, -0.15) is 5.26 Å². The number of aryl methyl sites for hydroxylation is 1. The summed E-state index contributed by atoms with van der Waals surface area (Å²) >= 11 is 0. The lowest BCUT2D eigenvalue weighted by Crippen LogP contribution is -2.13. The molecule has 4 nitrogen and oxygen atoms in total. The van der Waals surface area contributed by atoms with E-state index in [2.05, 4.69) is 6.07 Å². The number of ether oxygens (including phenoxy) is 1. The number of nitriles is 1. The van der Waals surface area contributed by atoms with E-state index >= 15 is 0 Å². The second-order valence-corrected chi connectivity index (χ2v) is 7.53. The third-order valence-electron chi connectivity index (χ3n) is 2.72. The minimum absolute atomic E-state index is 0.0522. The number of rotatable bonds is 5. The van der Waals surface area contributed by atoms with Crippen molar-refractivity contribution in [3.63, 3.8) is 0 Å². The van der Waals surface area contributed by atoms with Crippen molar-refractivity contribution in [3.05, 3.63) is 23.8 Å². The van der Waals surface area contributed by atoms with Crippen LogP contribution in [0.2, 0.25) is 0 Å². The van der Waals surface area contributed by atoms with Crippen molar-refractivity contribution in [1.29, 1.82) is 5.26 Å². The number of benzene rings is 1. The zero-order chi connectivity index (χ0) is 14.7. The molecule has 0 aliphatic heterocycles. The molecule has 0 radical (unpaired) electrons. The summed E-state index contributed by atoms with van der Waals surface area (Å²) in [6.45, 7) is 5.82. The molecule has 1 aromatic rings. The first kappa shape index (κ1) is 15.8. The lowest BCUT2D eigenvalue weighted by Gasteiger charge is -2.16. The van der Waals surface area contributed by atoms with Gasteiger partial charge in [0.05, 0.1) is 23.0 Å². The summed E-state index contributed by atoms with van der Waals surface area (Å²) in [5.74, 6) is 0.595. The van der Waals surface area contributed by atoms with Gasteiger partial charge in [-0.05, 0) is 51.0 Å². The Labute approximate surface area is 118 Å². The van der Waals surface area contributed by atoms with Crippen molar-refractivity contribution >= 4 is 19.7 Å². The minimum atomic E-state index is -3.72. The Morgan fingerprint density at radius 1 is 1.42 bits per heavy atom. The fourth-order valence-corrected chi connectivity index (χ4v) is 2.24. The molecule has 0 saturated carbocycles. The molecule has 6 heteroatoms. The second-order valence-electron chi connectivity index (χ2n) is 4.96. The summed E-state index contributed by atoms with van der Waals surface area (Å²) in [6, 6.07) is 6.64. The molecule has 0 aromatic heterocycles. The molecule has 0 spiro atoms. The Hall–Kier alpha value is -1.25. The molecule has 0 aliphatic carbocycles. The molecule has 1 aromatic carbocycles. The van der Waals surface area contributed by atoms with Crippen LogP contribution in [0.5, 0.6) is 5.75 Å². The van der Waals surface area contributed by atoms with Gasteiger partial charge in [0.25, 0.3) is 9.05 Å². The number of nitrogens with zero attached hydrogens (tertiary/aromatic N) is 1. The van der Waals surface area contributed by atoms with Crippen LogP contribution >= 0.6 is 10.7 Å². The number of halogens is 1. The Kier molecular flexibility index (Phi) is 4.83. The second kappa shape index (κ2) is 5.81. The number of hydrogen-bond acceptors (Lipinski definition) is 4. The summed E-state index contributed by atoms with van der Waals surface area (Å²) in [4.78, 5) is 0.0522. The molecule has 0 saturated heterocycles. The van der Waals surface area contributed by atoms with Gasteiger partial charge in [-0.15, -0.1) is 0 Å². The molecular weight excluding hydrogens is 286 g/mol. The normalized spacial score (nSPS) is 11.9. The van der Waals surface area contributed by atoms with Crippen molar-refractivity contribution in [2.75, 3.05) is 6.61 Å². The lowest BCUT2D eigenvalue weighted by atomic mass is 9.92. The smallest absolute Gasteiger partial charge is 0.261 e. The molecule has 0 N–H and O–H groups in total. The van der Waals surface area contributed by atoms with Gasteiger partial charge in [-0.25, -0.2) is 8.42 Å². The Morgan fingerprint density at radius 3 is 2.53 bits per heavy atom. The first-order valence-corrected chi connectivity index (χ1v) is 8.06. The van der Waals surface area contributed by atoms with Gasteiger partial charge < -0.3 is 4.74 Å². The van der Waals surface area contributed by atoms with E-state index in [0.29, 0.717) is 24.3 Å². The number of hydrogen-bond donors (Lipinski definition) is 0. The van der Waals surface area contributed by atoms with Crippen LogP contribution in [0.1, 0.15) is 25.8 Å². The highest BCUT2D eigenvalue weighted by Gasteiger charge is 2.17. The van der Waals surface area contributed by atoms with Gasteiger partial charge in [0.2, 0.25) is 0 Å². The molecule has 0 bridgehead atoms. The van der Waals surface area contributed by atoms with Crippen LogP contribution < -0.4 is 4.74 Å². The van der Waals surface area contributed by atoms with E-state index in [4.69, 9.17) is 20.7 Å². The molecule has 104 valence electrons. The van der Waals surface area contributed by atoms with Crippen LogP contribution in [0.4, 0.5) is 0 Å². The van der Waals surface area contributed by atoms with Gasteiger partial charge in [0.15, 0.2) is 0 Å². The van der Waals surface area contributed by atoms with E-state index in [0.717, 1.165) is 0 Å². The molecule has 1 rings (SSSR count). The van der Waals surface area contributed by atoms with Crippen LogP contribution in [0, 0.1) is 23.7 Å². The van der Waals surface area contributed by atoms with Gasteiger partial charge in [0.1, 0.15) is 5.75 Å². The van der Waals surface area contributed by atoms with Crippen molar-refractivity contribution in [3.8, 4) is 11.8 Å². The molecule has 0 heterocycles. The van der Waals surface area contributed by atoms with Crippen LogP contribution in [0.15, 0.2) is 23.1 Å². The fraction of sp³-hybridized carbons (Fsp3) is 0.462. The molecule has 0 amide bonds. The van der Waals surface area contributed by atoms with E-state index in [9.17, 15) is 8.42 Å². The van der Waals surface area contributed by atoms with E-state index < -0.39 is 14.5 Å². The van der Waals surface area contributed by atoms with Crippen molar-refractivity contribution in [1.82, 2.24) is 0 Å². The highest BCUT2D eigenvalue weighted by molar-refractivity contribution is 8.13. The van der Waals surface area contributed by atoms with Gasteiger partial charge >= 0.3 is 0 Å². The Balaban J connectivity index is 2.75. The minimum Gasteiger partial charge on any atom is -0.493 e. The van der Waals surface area contributed by atoms with E-state index in [1.165, 1.54) is 12.1 Å². The van der Waals surface area contributed by atoms with Crippen molar-refractivity contribution in [2.24, 2.45) is 5.41 Å². The van der Waals surface area contributed by atoms with Gasteiger partial charge in [-0.3, -0.25) is 0 Å². The standard InChI is InChI=1S/C13H16ClNO3S/c1-10-8-11(19(14,16)17)4-5-12(10)18-7-6-13(2,3)9-15/h4-5,8H,6-7H2,1-3H3. The molecule has 0 atom stereocenters. The monoisotopic (exact) mass is 301 g/mol. The molecule has 0 fully saturated rings. The van der Waals surface area contributed by atoms with Crippen LogP contribution in [0.3, 0.4) is 0 Å². The highest BCUT2D eigenvalue weighted by atomic mass is 35.7. The zero-order valence-corrected chi connectivity index (χ0v) is 12.7. The maximum absolute atomic E-state index is 11.2. The Morgan fingerprint density at radius 2 is 2.05 bits per heavy atom. The molecular formula is C13H16ClNO3S. The van der Waals surface area contributed by atoms with Crippen LogP contribution in [0.25, 0.3) is 0 Å². The SMILES string of the molecule is Cc1cc(S(=O)(=O)Cl)ccc1OCCC(C)(C)C#N. The zero-order valence-electron chi connectivity index (χ0n) is 11.1. The maximum atomic E-state index is 11.2. The van der Waals surface area contributed by atoms with Gasteiger partial charge in [-0.1, -0.05) is 0 Å². The quantitative estimate of drug-likeness (QED) is 0.783. The summed E-state index contributed by atoms with van der Waals surface area (Å²) in [7, 11) is 1.55. The highest BCUT2D eigenvalue weighted by Crippen LogP contribution is 2.25. The van der Waals surface area contributed by atoms with E-state index in [1.54, 1.807) is 13.0 Å². The lowest BCUT2D eigenvalue weighted by molar-refractivity contribution is 0.263. The summed E-state index contributed by atoms with van der Waals surface area (Å²) in [6.07, 6.45) is 0.596. The predicted octanol–water partition coefficient (Wildman–Crippen LogP) is 3.24. The van der Waals surface area contributed by atoms with E-state index in [1.807, 2.05) is 13.8 Å². The van der Waals surface area contributed by atoms with E-state index in [-0.39, 0.29) is 4.90 Å². The largest absolute Gasteiger partial charge is 0.493 e. The first-order chi connectivity index (χ1) is 8.65. The Bertz CT molecular complexity index is 603.